The topological polar surface area (TPSA) is 42.9 Å². The molecule has 1 aliphatic rings. The number of piperazine rings is 1. The van der Waals surface area contributed by atoms with E-state index >= 15 is 0 Å². The van der Waals surface area contributed by atoms with E-state index < -0.39 is 0 Å². The van der Waals surface area contributed by atoms with Gasteiger partial charge in [-0.1, -0.05) is 25.1 Å². The minimum absolute atomic E-state index is 0.215. The van der Waals surface area contributed by atoms with Crippen molar-refractivity contribution < 1.29 is 4.79 Å². The number of likely N-dealkylation sites (N-methyl/N-ethyl adjacent to an activating group) is 1. The van der Waals surface area contributed by atoms with E-state index in [0.29, 0.717) is 6.54 Å². The van der Waals surface area contributed by atoms with Crippen molar-refractivity contribution in [1.82, 2.24) is 14.8 Å². The Morgan fingerprint density at radius 2 is 1.75 bits per heavy atom. The van der Waals surface area contributed by atoms with Gasteiger partial charge in [-0.3, -0.25) is 9.69 Å². The summed E-state index contributed by atoms with van der Waals surface area (Å²) in [6.07, 6.45) is 1.82. The van der Waals surface area contributed by atoms with E-state index in [0.717, 1.165) is 45.1 Å². The number of rotatable bonds is 7. The van der Waals surface area contributed by atoms with Crippen LogP contribution in [0.5, 0.6) is 0 Å². The molecule has 6 nitrogen and oxygen atoms in total. The highest BCUT2D eigenvalue weighted by Gasteiger charge is 2.23. The highest BCUT2D eigenvalue weighted by Crippen LogP contribution is 2.15. The molecule has 0 unspecified atom stereocenters. The second-order valence-corrected chi connectivity index (χ2v) is 7.42. The van der Waals surface area contributed by atoms with Crippen LogP contribution in [0.15, 0.2) is 48.7 Å². The normalized spacial score (nSPS) is 14.4. The summed E-state index contributed by atoms with van der Waals surface area (Å²) in [7, 11) is 4.08. The van der Waals surface area contributed by atoms with Crippen molar-refractivity contribution in [2.24, 2.45) is 0 Å². The Kier molecular flexibility index (Phi) is 6.87. The van der Waals surface area contributed by atoms with E-state index in [-0.39, 0.29) is 5.91 Å². The van der Waals surface area contributed by atoms with Gasteiger partial charge in [-0.15, -0.1) is 0 Å². The van der Waals surface area contributed by atoms with Gasteiger partial charge in [-0.05, 0) is 36.4 Å². The lowest BCUT2D eigenvalue weighted by Gasteiger charge is -2.36. The average molecular weight is 382 g/mol. The number of carbonyl (C=O) groups excluding carboxylic acids is 1. The average Bonchev–Trinajstić information content (AvgIpc) is 2.74. The van der Waals surface area contributed by atoms with Crippen molar-refractivity contribution in [1.29, 1.82) is 0 Å². The molecule has 0 spiro atoms. The zero-order valence-electron chi connectivity index (χ0n) is 17.2. The molecule has 1 fully saturated rings. The van der Waals surface area contributed by atoms with Crippen LogP contribution in [0.2, 0.25) is 0 Å². The summed E-state index contributed by atoms with van der Waals surface area (Å²) in [5, 5.41) is 0. The summed E-state index contributed by atoms with van der Waals surface area (Å²) in [5.41, 5.74) is 2.42. The van der Waals surface area contributed by atoms with E-state index in [9.17, 15) is 4.79 Å². The Morgan fingerprint density at radius 1 is 1.04 bits per heavy atom. The highest BCUT2D eigenvalue weighted by molar-refractivity contribution is 5.78. The number of hydrogen-bond donors (Lipinski definition) is 0. The molecule has 0 N–H and O–H groups in total. The van der Waals surface area contributed by atoms with E-state index in [2.05, 4.69) is 50.9 Å². The molecule has 1 aliphatic heterocycles. The Morgan fingerprint density at radius 3 is 2.32 bits per heavy atom. The Bertz CT molecular complexity index is 739. The van der Waals surface area contributed by atoms with Crippen molar-refractivity contribution in [3.8, 4) is 0 Å². The van der Waals surface area contributed by atoms with Crippen molar-refractivity contribution in [3.05, 3.63) is 54.2 Å². The van der Waals surface area contributed by atoms with Crippen LogP contribution in [0.1, 0.15) is 12.5 Å². The maximum absolute atomic E-state index is 12.8. The number of aromatic nitrogens is 1. The molecule has 1 aromatic carbocycles. The summed E-state index contributed by atoms with van der Waals surface area (Å²) >= 11 is 0. The fourth-order valence-corrected chi connectivity index (χ4v) is 3.45. The van der Waals surface area contributed by atoms with E-state index in [1.165, 1.54) is 11.3 Å². The molecular weight excluding hydrogens is 350 g/mol. The number of pyridine rings is 1. The first-order chi connectivity index (χ1) is 13.6. The zero-order valence-corrected chi connectivity index (χ0v) is 17.2. The number of hydrogen-bond acceptors (Lipinski definition) is 5. The molecule has 0 bridgehead atoms. The van der Waals surface area contributed by atoms with E-state index in [1.807, 2.05) is 43.4 Å². The number of amides is 1. The monoisotopic (exact) mass is 381 g/mol. The third-order valence-corrected chi connectivity index (χ3v) is 5.27. The van der Waals surface area contributed by atoms with Gasteiger partial charge in [0, 0.05) is 58.7 Å². The summed E-state index contributed by atoms with van der Waals surface area (Å²) in [4.78, 5) is 25.7. The van der Waals surface area contributed by atoms with Crippen LogP contribution in [0, 0.1) is 0 Å². The van der Waals surface area contributed by atoms with Crippen LogP contribution < -0.4 is 9.80 Å². The Hall–Kier alpha value is -2.60. The van der Waals surface area contributed by atoms with Crippen molar-refractivity contribution >= 4 is 17.4 Å². The third-order valence-electron chi connectivity index (χ3n) is 5.27. The molecule has 6 heteroatoms. The van der Waals surface area contributed by atoms with Crippen LogP contribution in [0.3, 0.4) is 0 Å². The lowest BCUT2D eigenvalue weighted by molar-refractivity contribution is -0.132. The number of carbonyl (C=O) groups is 1. The first-order valence-electron chi connectivity index (χ1n) is 9.99. The van der Waals surface area contributed by atoms with Crippen LogP contribution in [-0.4, -0.2) is 74.1 Å². The van der Waals surface area contributed by atoms with Gasteiger partial charge in [-0.2, -0.15) is 0 Å². The second-order valence-electron chi connectivity index (χ2n) is 7.42. The van der Waals surface area contributed by atoms with Gasteiger partial charge in [0.15, 0.2) is 0 Å². The molecule has 28 heavy (non-hydrogen) atoms. The number of benzene rings is 1. The molecule has 2 heterocycles. The zero-order chi connectivity index (χ0) is 19.9. The van der Waals surface area contributed by atoms with Crippen LogP contribution >= 0.6 is 0 Å². The highest BCUT2D eigenvalue weighted by atomic mass is 16.2. The van der Waals surface area contributed by atoms with E-state index in [4.69, 9.17) is 0 Å². The van der Waals surface area contributed by atoms with Gasteiger partial charge in [0.1, 0.15) is 5.82 Å². The van der Waals surface area contributed by atoms with Gasteiger partial charge >= 0.3 is 0 Å². The molecule has 0 radical (unpaired) electrons. The Labute approximate surface area is 168 Å². The molecule has 1 aromatic heterocycles. The minimum atomic E-state index is 0.215. The molecule has 0 atom stereocenters. The first kappa shape index (κ1) is 20.1. The van der Waals surface area contributed by atoms with Crippen molar-refractivity contribution in [2.75, 3.05) is 63.2 Å². The quantitative estimate of drug-likeness (QED) is 0.736. The van der Waals surface area contributed by atoms with Gasteiger partial charge in [0.2, 0.25) is 5.91 Å². The van der Waals surface area contributed by atoms with Crippen LogP contribution in [0.25, 0.3) is 0 Å². The van der Waals surface area contributed by atoms with Gasteiger partial charge in [0.05, 0.1) is 6.54 Å². The molecule has 1 saturated heterocycles. The molecule has 0 saturated carbocycles. The third kappa shape index (κ3) is 5.23. The van der Waals surface area contributed by atoms with Crippen molar-refractivity contribution in [3.63, 3.8) is 0 Å². The lowest BCUT2D eigenvalue weighted by Crippen LogP contribution is -2.51. The molecule has 1 amide bonds. The van der Waals surface area contributed by atoms with Crippen LogP contribution in [0.4, 0.5) is 11.5 Å². The summed E-state index contributed by atoms with van der Waals surface area (Å²) in [5.74, 6) is 1.21. The molecule has 0 aliphatic carbocycles. The van der Waals surface area contributed by atoms with Gasteiger partial charge in [0.25, 0.3) is 0 Å². The summed E-state index contributed by atoms with van der Waals surface area (Å²) < 4.78 is 0. The maximum atomic E-state index is 12.8. The number of anilines is 2. The predicted octanol–water partition coefficient (Wildman–Crippen LogP) is 2.32. The SMILES string of the molecule is CCN(CC(=O)N1CCN(c2ccccn2)CC1)Cc1ccc(N(C)C)cc1. The van der Waals surface area contributed by atoms with Gasteiger partial charge in [-0.25, -0.2) is 4.98 Å². The standard InChI is InChI=1S/C22H31N5O/c1-4-25(17-19-8-10-20(11-9-19)24(2)3)18-22(28)27-15-13-26(14-16-27)21-7-5-6-12-23-21/h5-12H,4,13-18H2,1-3H3. The fraction of sp³-hybridized carbons (Fsp3) is 0.455. The second kappa shape index (κ2) is 9.55. The van der Waals surface area contributed by atoms with Crippen molar-refractivity contribution in [2.45, 2.75) is 13.5 Å². The smallest absolute Gasteiger partial charge is 0.236 e. The minimum Gasteiger partial charge on any atom is -0.378 e. The first-order valence-corrected chi connectivity index (χ1v) is 9.99. The molecular formula is C22H31N5O. The lowest BCUT2D eigenvalue weighted by atomic mass is 10.2. The fourth-order valence-electron chi connectivity index (χ4n) is 3.45. The Balaban J connectivity index is 1.50. The van der Waals surface area contributed by atoms with Gasteiger partial charge < -0.3 is 14.7 Å². The summed E-state index contributed by atoms with van der Waals surface area (Å²) in [6.45, 7) is 7.41. The molecule has 2 aromatic rings. The van der Waals surface area contributed by atoms with Crippen LogP contribution in [-0.2, 0) is 11.3 Å². The van der Waals surface area contributed by atoms with E-state index in [1.54, 1.807) is 0 Å². The summed E-state index contributed by atoms with van der Waals surface area (Å²) in [6, 6.07) is 14.5. The largest absolute Gasteiger partial charge is 0.378 e. The molecule has 150 valence electrons. The molecule has 3 rings (SSSR count). The maximum Gasteiger partial charge on any atom is 0.236 e. The predicted molar refractivity (Wildman–Crippen MR) is 115 cm³/mol. The number of nitrogens with zero attached hydrogens (tertiary/aromatic N) is 5.